The van der Waals surface area contributed by atoms with Gasteiger partial charge in [0.2, 0.25) is 11.9 Å². The van der Waals surface area contributed by atoms with Gasteiger partial charge in [-0.1, -0.05) is 23.2 Å². The number of fused-ring (bicyclic) bond motifs is 2. The number of aliphatic hydroxyl groups is 1. The standard InChI is InChI=1S/C19H20Cl2N4O3/c1-25(2)19-22-7-9(8-23-19)15-16(14-6-13(26)17(15)28-14)18(27)24-10-3-4-11(20)12(21)5-10/h3-5,7-8,13-17,26H,6H2,1-2H3,(H,24,27)/t13-,14+,15+,16-,17-/m0/s1. The average molecular weight is 423 g/mol. The maximum Gasteiger partial charge on any atom is 0.230 e. The van der Waals surface area contributed by atoms with Crippen molar-refractivity contribution in [3.05, 3.63) is 46.2 Å². The predicted octanol–water partition coefficient (Wildman–Crippen LogP) is 2.72. The van der Waals surface area contributed by atoms with E-state index in [1.54, 1.807) is 35.5 Å². The summed E-state index contributed by atoms with van der Waals surface area (Å²) in [4.78, 5) is 23.6. The largest absolute Gasteiger partial charge is 0.390 e. The number of halogens is 2. The minimum atomic E-state index is -0.613. The number of aromatic nitrogens is 2. The summed E-state index contributed by atoms with van der Waals surface area (Å²) in [7, 11) is 3.71. The number of hydrogen-bond acceptors (Lipinski definition) is 6. The zero-order valence-electron chi connectivity index (χ0n) is 15.3. The summed E-state index contributed by atoms with van der Waals surface area (Å²) < 4.78 is 5.92. The van der Waals surface area contributed by atoms with E-state index in [-0.39, 0.29) is 17.9 Å². The molecule has 0 unspecified atom stereocenters. The van der Waals surface area contributed by atoms with Crippen LogP contribution >= 0.6 is 23.2 Å². The third-order valence-corrected chi connectivity index (χ3v) is 6.00. The molecule has 5 atom stereocenters. The molecule has 0 aliphatic carbocycles. The zero-order chi connectivity index (χ0) is 20.0. The molecule has 4 rings (SSSR count). The molecule has 2 fully saturated rings. The zero-order valence-corrected chi connectivity index (χ0v) is 16.9. The number of carbonyl (C=O) groups is 1. The highest BCUT2D eigenvalue weighted by Crippen LogP contribution is 2.49. The van der Waals surface area contributed by atoms with Crippen LogP contribution in [-0.4, -0.2) is 53.4 Å². The van der Waals surface area contributed by atoms with Gasteiger partial charge in [-0.2, -0.15) is 0 Å². The molecule has 2 N–H and O–H groups in total. The van der Waals surface area contributed by atoms with Gasteiger partial charge in [0, 0.05) is 44.5 Å². The first-order valence-electron chi connectivity index (χ1n) is 8.94. The van der Waals surface area contributed by atoms with Gasteiger partial charge in [-0.05, 0) is 23.8 Å². The summed E-state index contributed by atoms with van der Waals surface area (Å²) >= 11 is 12.0. The molecule has 2 aliphatic rings. The van der Waals surface area contributed by atoms with Crippen molar-refractivity contribution in [3.63, 3.8) is 0 Å². The maximum absolute atomic E-state index is 13.1. The van der Waals surface area contributed by atoms with Crippen LogP contribution in [0.15, 0.2) is 30.6 Å². The molecule has 1 aromatic heterocycles. The van der Waals surface area contributed by atoms with Crippen molar-refractivity contribution in [2.24, 2.45) is 5.92 Å². The molecular weight excluding hydrogens is 403 g/mol. The lowest BCUT2D eigenvalue weighted by Gasteiger charge is -2.30. The van der Waals surface area contributed by atoms with Gasteiger partial charge >= 0.3 is 0 Å². The number of nitrogens with zero attached hydrogens (tertiary/aromatic N) is 3. The lowest BCUT2D eigenvalue weighted by Crippen LogP contribution is -2.41. The number of ether oxygens (including phenoxy) is 1. The van der Waals surface area contributed by atoms with E-state index >= 15 is 0 Å². The topological polar surface area (TPSA) is 87.6 Å². The van der Waals surface area contributed by atoms with Crippen LogP contribution < -0.4 is 10.2 Å². The van der Waals surface area contributed by atoms with Gasteiger partial charge in [-0.15, -0.1) is 0 Å². The molecule has 0 radical (unpaired) electrons. The number of carbonyl (C=O) groups excluding carboxylic acids is 1. The molecule has 7 nitrogen and oxygen atoms in total. The van der Waals surface area contributed by atoms with Gasteiger partial charge in [-0.25, -0.2) is 9.97 Å². The van der Waals surface area contributed by atoms with E-state index < -0.39 is 18.1 Å². The Labute approximate surface area is 172 Å². The van der Waals surface area contributed by atoms with Gasteiger partial charge in [0.1, 0.15) is 0 Å². The first kappa shape index (κ1) is 19.4. The van der Waals surface area contributed by atoms with Crippen LogP contribution in [-0.2, 0) is 9.53 Å². The molecule has 0 saturated carbocycles. The molecule has 3 heterocycles. The van der Waals surface area contributed by atoms with Crippen molar-refractivity contribution in [2.75, 3.05) is 24.3 Å². The number of benzene rings is 1. The Morgan fingerprint density at radius 1 is 1.25 bits per heavy atom. The Morgan fingerprint density at radius 3 is 2.61 bits per heavy atom. The monoisotopic (exact) mass is 422 g/mol. The number of rotatable bonds is 4. The van der Waals surface area contributed by atoms with Crippen LogP contribution in [0.25, 0.3) is 0 Å². The molecular formula is C19H20Cl2N4O3. The van der Waals surface area contributed by atoms with Crippen LogP contribution in [0.4, 0.5) is 11.6 Å². The fourth-order valence-electron chi connectivity index (χ4n) is 3.97. The summed E-state index contributed by atoms with van der Waals surface area (Å²) in [5.41, 5.74) is 1.33. The van der Waals surface area contributed by atoms with E-state index in [4.69, 9.17) is 27.9 Å². The van der Waals surface area contributed by atoms with E-state index in [9.17, 15) is 9.90 Å². The lowest BCUT2D eigenvalue weighted by molar-refractivity contribution is -0.121. The fourth-order valence-corrected chi connectivity index (χ4v) is 4.27. The Balaban J connectivity index is 1.60. The fraction of sp³-hybridized carbons (Fsp3) is 0.421. The number of anilines is 2. The Morgan fingerprint density at radius 2 is 1.96 bits per heavy atom. The van der Waals surface area contributed by atoms with E-state index in [2.05, 4.69) is 15.3 Å². The summed E-state index contributed by atoms with van der Waals surface area (Å²) in [5.74, 6) is -0.408. The van der Waals surface area contributed by atoms with Gasteiger partial charge in [0.05, 0.1) is 34.3 Å². The Hall–Kier alpha value is -1.93. The molecule has 1 amide bonds. The van der Waals surface area contributed by atoms with Crippen molar-refractivity contribution in [2.45, 2.75) is 30.7 Å². The number of hydrogen-bond donors (Lipinski definition) is 2. The molecule has 28 heavy (non-hydrogen) atoms. The summed E-state index contributed by atoms with van der Waals surface area (Å²) in [6.07, 6.45) is 2.39. The highest BCUT2D eigenvalue weighted by molar-refractivity contribution is 6.42. The van der Waals surface area contributed by atoms with E-state index in [0.717, 1.165) is 5.56 Å². The SMILES string of the molecule is CN(C)c1ncc([C@H]2[C@H]3O[C@H](C[C@@H]3O)[C@@H]2C(=O)Nc2ccc(Cl)c(Cl)c2)cn1. The third-order valence-electron chi connectivity index (χ3n) is 5.26. The lowest BCUT2D eigenvalue weighted by atomic mass is 9.74. The van der Waals surface area contributed by atoms with Crippen molar-refractivity contribution in [1.82, 2.24) is 9.97 Å². The van der Waals surface area contributed by atoms with Gasteiger partial charge in [-0.3, -0.25) is 4.79 Å². The predicted molar refractivity (Wildman–Crippen MR) is 107 cm³/mol. The van der Waals surface area contributed by atoms with Crippen LogP contribution in [0.5, 0.6) is 0 Å². The second kappa shape index (κ2) is 7.48. The molecule has 0 spiro atoms. The van der Waals surface area contributed by atoms with Crippen molar-refractivity contribution >= 4 is 40.7 Å². The average Bonchev–Trinajstić information content (AvgIpc) is 3.21. The highest BCUT2D eigenvalue weighted by Gasteiger charge is 2.57. The van der Waals surface area contributed by atoms with Crippen LogP contribution in [0.3, 0.4) is 0 Å². The normalized spacial score (nSPS) is 28.4. The molecule has 1 aromatic carbocycles. The number of nitrogens with one attached hydrogen (secondary N) is 1. The summed E-state index contributed by atoms with van der Waals surface area (Å²) in [6.45, 7) is 0. The second-order valence-corrected chi connectivity index (χ2v) is 8.14. The summed E-state index contributed by atoms with van der Waals surface area (Å²) in [5, 5.41) is 14.0. The van der Waals surface area contributed by atoms with Crippen molar-refractivity contribution in [3.8, 4) is 0 Å². The van der Waals surface area contributed by atoms with Crippen molar-refractivity contribution in [1.29, 1.82) is 0 Å². The summed E-state index contributed by atoms with van der Waals surface area (Å²) in [6, 6.07) is 4.93. The third kappa shape index (κ3) is 3.43. The van der Waals surface area contributed by atoms with Crippen LogP contribution in [0.2, 0.25) is 10.0 Å². The number of aliphatic hydroxyl groups excluding tert-OH is 1. The maximum atomic E-state index is 13.1. The quantitative estimate of drug-likeness (QED) is 0.787. The van der Waals surface area contributed by atoms with Crippen LogP contribution in [0.1, 0.15) is 17.9 Å². The molecule has 2 bridgehead atoms. The minimum Gasteiger partial charge on any atom is -0.390 e. The number of amides is 1. The van der Waals surface area contributed by atoms with Gasteiger partial charge < -0.3 is 20.1 Å². The van der Waals surface area contributed by atoms with Gasteiger partial charge in [0.25, 0.3) is 0 Å². The smallest absolute Gasteiger partial charge is 0.230 e. The highest BCUT2D eigenvalue weighted by atomic mass is 35.5. The van der Waals surface area contributed by atoms with E-state index in [1.165, 1.54) is 0 Å². The Bertz CT molecular complexity index is 893. The Kier molecular flexibility index (Phi) is 5.18. The minimum absolute atomic E-state index is 0.195. The first-order valence-corrected chi connectivity index (χ1v) is 9.69. The van der Waals surface area contributed by atoms with Crippen molar-refractivity contribution < 1.29 is 14.6 Å². The first-order chi connectivity index (χ1) is 13.3. The molecule has 2 saturated heterocycles. The molecule has 2 aromatic rings. The van der Waals surface area contributed by atoms with E-state index in [1.807, 2.05) is 14.1 Å². The molecule has 2 aliphatic heterocycles. The van der Waals surface area contributed by atoms with E-state index in [0.29, 0.717) is 28.1 Å². The molecule has 148 valence electrons. The second-order valence-electron chi connectivity index (χ2n) is 7.32. The van der Waals surface area contributed by atoms with Crippen LogP contribution in [0, 0.1) is 5.92 Å². The molecule has 9 heteroatoms. The van der Waals surface area contributed by atoms with Gasteiger partial charge in [0.15, 0.2) is 0 Å².